The van der Waals surface area contributed by atoms with Crippen molar-refractivity contribution in [2.45, 2.75) is 32.0 Å². The van der Waals surface area contributed by atoms with E-state index in [1.807, 2.05) is 0 Å². The molecule has 0 spiro atoms. The Bertz CT molecular complexity index is 397. The van der Waals surface area contributed by atoms with E-state index in [1.165, 1.54) is 6.07 Å². The molecule has 1 atom stereocenters. The monoisotopic (exact) mass is 195 g/mol. The van der Waals surface area contributed by atoms with E-state index >= 15 is 0 Å². The van der Waals surface area contributed by atoms with Crippen LogP contribution in [0.1, 0.15) is 35.9 Å². The summed E-state index contributed by atoms with van der Waals surface area (Å²) in [5.74, 6) is 0. The minimum atomic E-state index is -0.585. The molecular formula is C10H13NO3. The molecule has 0 aromatic carbocycles. The fourth-order valence-electron chi connectivity index (χ4n) is 1.91. The van der Waals surface area contributed by atoms with Crippen LogP contribution in [0, 0.1) is 0 Å². The van der Waals surface area contributed by atoms with E-state index in [-0.39, 0.29) is 12.0 Å². The van der Waals surface area contributed by atoms with Crippen molar-refractivity contribution in [2.75, 3.05) is 0 Å². The largest absolute Gasteiger partial charge is 0.390 e. The lowest BCUT2D eigenvalue weighted by Gasteiger charge is -2.20. The van der Waals surface area contributed by atoms with Crippen molar-refractivity contribution in [1.29, 1.82) is 0 Å². The van der Waals surface area contributed by atoms with Gasteiger partial charge >= 0.3 is 0 Å². The summed E-state index contributed by atoms with van der Waals surface area (Å²) < 4.78 is 0. The Morgan fingerprint density at radius 2 is 2.36 bits per heavy atom. The van der Waals surface area contributed by atoms with Gasteiger partial charge in [0.05, 0.1) is 18.4 Å². The van der Waals surface area contributed by atoms with E-state index in [0.29, 0.717) is 29.8 Å². The van der Waals surface area contributed by atoms with Gasteiger partial charge in [-0.15, -0.1) is 0 Å². The van der Waals surface area contributed by atoms with Crippen molar-refractivity contribution in [3.05, 3.63) is 33.2 Å². The molecule has 0 amide bonds. The van der Waals surface area contributed by atoms with Gasteiger partial charge in [0.25, 0.3) is 0 Å². The van der Waals surface area contributed by atoms with Gasteiger partial charge < -0.3 is 15.2 Å². The normalized spacial score (nSPS) is 20.6. The molecule has 1 aromatic heterocycles. The molecule has 0 radical (unpaired) electrons. The van der Waals surface area contributed by atoms with Crippen LogP contribution in [0.5, 0.6) is 0 Å². The summed E-state index contributed by atoms with van der Waals surface area (Å²) in [6, 6.07) is 1.40. The van der Waals surface area contributed by atoms with Gasteiger partial charge in [0.1, 0.15) is 0 Å². The van der Waals surface area contributed by atoms with Gasteiger partial charge in [-0.3, -0.25) is 4.79 Å². The van der Waals surface area contributed by atoms with Gasteiger partial charge in [-0.25, -0.2) is 0 Å². The van der Waals surface area contributed by atoms with E-state index < -0.39 is 6.10 Å². The highest BCUT2D eigenvalue weighted by Crippen LogP contribution is 2.25. The summed E-state index contributed by atoms with van der Waals surface area (Å²) in [6.45, 7) is -0.199. The number of hydrogen-bond donors (Lipinski definition) is 3. The fourth-order valence-corrected chi connectivity index (χ4v) is 1.91. The third kappa shape index (κ3) is 1.47. The summed E-state index contributed by atoms with van der Waals surface area (Å²) >= 11 is 0. The summed E-state index contributed by atoms with van der Waals surface area (Å²) in [4.78, 5) is 14.5. The first kappa shape index (κ1) is 9.43. The molecule has 4 heteroatoms. The third-order valence-corrected chi connectivity index (χ3v) is 2.63. The number of aromatic nitrogens is 1. The highest BCUT2D eigenvalue weighted by molar-refractivity contribution is 5.27. The first-order chi connectivity index (χ1) is 6.72. The number of aliphatic hydroxyl groups is 2. The Morgan fingerprint density at radius 1 is 1.57 bits per heavy atom. The minimum absolute atomic E-state index is 0.0819. The maximum Gasteiger partial charge on any atom is 0.185 e. The second kappa shape index (κ2) is 3.55. The molecule has 0 aliphatic heterocycles. The first-order valence-corrected chi connectivity index (χ1v) is 4.76. The van der Waals surface area contributed by atoms with Gasteiger partial charge in [-0.05, 0) is 19.3 Å². The molecule has 1 aliphatic carbocycles. The van der Waals surface area contributed by atoms with Crippen LogP contribution in [-0.2, 0) is 13.0 Å². The molecule has 1 unspecified atom stereocenters. The van der Waals surface area contributed by atoms with Crippen molar-refractivity contribution in [3.63, 3.8) is 0 Å². The first-order valence-electron chi connectivity index (χ1n) is 4.76. The van der Waals surface area contributed by atoms with Gasteiger partial charge in [0.2, 0.25) is 0 Å². The number of aliphatic hydroxyl groups excluding tert-OH is 2. The maximum atomic E-state index is 11.5. The predicted octanol–water partition coefficient (Wildman–Crippen LogP) is 0.237. The molecule has 1 aromatic rings. The average molecular weight is 195 g/mol. The lowest BCUT2D eigenvalue weighted by atomic mass is 9.93. The average Bonchev–Trinajstić information content (AvgIpc) is 2.19. The number of H-pyrrole nitrogens is 1. The fraction of sp³-hybridized carbons (Fsp3) is 0.500. The molecule has 1 heterocycles. The highest BCUT2D eigenvalue weighted by atomic mass is 16.3. The van der Waals surface area contributed by atoms with Gasteiger partial charge in [-0.2, -0.15) is 0 Å². The SMILES string of the molecule is O=c1cc(CO)[nH]c2c1CCCC2O. The Balaban J connectivity index is 2.57. The quantitative estimate of drug-likeness (QED) is 0.601. The summed E-state index contributed by atoms with van der Waals surface area (Å²) in [6.07, 6.45) is 1.65. The van der Waals surface area contributed by atoms with Crippen molar-refractivity contribution in [1.82, 2.24) is 4.98 Å². The third-order valence-electron chi connectivity index (χ3n) is 2.63. The van der Waals surface area contributed by atoms with Crippen molar-refractivity contribution < 1.29 is 10.2 Å². The molecule has 14 heavy (non-hydrogen) atoms. The van der Waals surface area contributed by atoms with E-state index in [1.54, 1.807) is 0 Å². The standard InChI is InChI=1S/C10H13NO3/c12-5-6-4-9(14)7-2-1-3-8(13)10(7)11-6/h4,8,12-13H,1-3,5H2,(H,11,14). The molecule has 2 rings (SSSR count). The van der Waals surface area contributed by atoms with Crippen LogP contribution in [0.25, 0.3) is 0 Å². The van der Waals surface area contributed by atoms with E-state index in [2.05, 4.69) is 4.98 Å². The molecule has 76 valence electrons. The lowest BCUT2D eigenvalue weighted by Crippen LogP contribution is -2.21. The second-order valence-corrected chi connectivity index (χ2v) is 3.62. The Labute approximate surface area is 81.2 Å². The van der Waals surface area contributed by atoms with Gasteiger partial charge in [0, 0.05) is 17.3 Å². The predicted molar refractivity (Wildman–Crippen MR) is 50.9 cm³/mol. The van der Waals surface area contributed by atoms with Crippen LogP contribution in [0.15, 0.2) is 10.9 Å². The number of rotatable bonds is 1. The zero-order valence-electron chi connectivity index (χ0n) is 7.79. The molecule has 0 fully saturated rings. The summed E-state index contributed by atoms with van der Waals surface area (Å²) in [7, 11) is 0. The smallest absolute Gasteiger partial charge is 0.185 e. The van der Waals surface area contributed by atoms with Crippen molar-refractivity contribution >= 4 is 0 Å². The Kier molecular flexibility index (Phi) is 2.39. The van der Waals surface area contributed by atoms with Crippen LogP contribution in [0.2, 0.25) is 0 Å². The number of aromatic amines is 1. The van der Waals surface area contributed by atoms with E-state index in [4.69, 9.17) is 5.11 Å². The molecule has 0 saturated carbocycles. The topological polar surface area (TPSA) is 73.3 Å². The lowest BCUT2D eigenvalue weighted by molar-refractivity contribution is 0.150. The number of nitrogens with one attached hydrogen (secondary N) is 1. The van der Waals surface area contributed by atoms with E-state index in [9.17, 15) is 9.90 Å². The van der Waals surface area contributed by atoms with Crippen molar-refractivity contribution in [2.24, 2.45) is 0 Å². The van der Waals surface area contributed by atoms with Crippen LogP contribution in [-0.4, -0.2) is 15.2 Å². The van der Waals surface area contributed by atoms with Gasteiger partial charge in [0.15, 0.2) is 5.43 Å². The second-order valence-electron chi connectivity index (χ2n) is 3.62. The molecule has 4 nitrogen and oxygen atoms in total. The molecule has 1 aliphatic rings. The maximum absolute atomic E-state index is 11.5. The number of pyridine rings is 1. The molecular weight excluding hydrogens is 182 g/mol. The Morgan fingerprint density at radius 3 is 3.07 bits per heavy atom. The minimum Gasteiger partial charge on any atom is -0.390 e. The number of fused-ring (bicyclic) bond motifs is 1. The molecule has 0 saturated heterocycles. The summed E-state index contributed by atoms with van der Waals surface area (Å²) in [5, 5.41) is 18.6. The Hall–Kier alpha value is -1.13. The molecule has 3 N–H and O–H groups in total. The van der Waals surface area contributed by atoms with Crippen LogP contribution in [0.4, 0.5) is 0 Å². The zero-order chi connectivity index (χ0) is 10.1. The molecule has 0 bridgehead atoms. The van der Waals surface area contributed by atoms with Crippen LogP contribution < -0.4 is 5.43 Å². The van der Waals surface area contributed by atoms with Gasteiger partial charge in [-0.1, -0.05) is 0 Å². The highest BCUT2D eigenvalue weighted by Gasteiger charge is 2.21. The van der Waals surface area contributed by atoms with Crippen LogP contribution in [0.3, 0.4) is 0 Å². The summed E-state index contributed by atoms with van der Waals surface area (Å²) in [5.41, 5.74) is 1.64. The van der Waals surface area contributed by atoms with Crippen LogP contribution >= 0.6 is 0 Å². The van der Waals surface area contributed by atoms with E-state index in [0.717, 1.165) is 6.42 Å². The van der Waals surface area contributed by atoms with Crippen molar-refractivity contribution in [3.8, 4) is 0 Å². The number of hydrogen-bond acceptors (Lipinski definition) is 3. The zero-order valence-corrected chi connectivity index (χ0v) is 7.79.